The molecule has 0 N–H and O–H groups in total. The van der Waals surface area contributed by atoms with Crippen molar-refractivity contribution in [2.75, 3.05) is 14.2 Å². The normalized spacial score (nSPS) is 10.5. The minimum atomic E-state index is 0.0664. The van der Waals surface area contributed by atoms with Gasteiger partial charge in [0.1, 0.15) is 11.5 Å². The summed E-state index contributed by atoms with van der Waals surface area (Å²) in [5.41, 5.74) is 7.03. The summed E-state index contributed by atoms with van der Waals surface area (Å²) in [5.74, 6) is 2.47. The molecule has 0 radical (unpaired) electrons. The molecule has 0 fully saturated rings. The highest BCUT2D eigenvalue weighted by molar-refractivity contribution is 6.30. The lowest BCUT2D eigenvalue weighted by Gasteiger charge is -2.15. The topological polar surface area (TPSA) is 52.6 Å². The van der Waals surface area contributed by atoms with Gasteiger partial charge in [-0.2, -0.15) is 0 Å². The number of aldehydes is 1. The van der Waals surface area contributed by atoms with E-state index in [1.807, 2.05) is 12.1 Å². The molecule has 0 amide bonds. The first-order valence-electron chi connectivity index (χ1n) is 14.6. The molecule has 0 aliphatic heterocycles. The first-order valence-corrected chi connectivity index (χ1v) is 15.0. The van der Waals surface area contributed by atoms with Crippen LogP contribution in [0.4, 0.5) is 0 Å². The molecule has 0 spiro atoms. The number of ketones is 1. The molecular formula is C37H51ClO4. The molecule has 0 aliphatic carbocycles. The van der Waals surface area contributed by atoms with E-state index in [0.717, 1.165) is 24.4 Å². The number of hydrogen-bond donors (Lipinski definition) is 0. The molecular weight excluding hydrogens is 544 g/mol. The Kier molecular flexibility index (Phi) is 20.5. The van der Waals surface area contributed by atoms with Crippen molar-refractivity contribution in [2.24, 2.45) is 5.92 Å². The Bertz CT molecular complexity index is 1220. The standard InChI is InChI=1S/C17H26O.C8H7ClO.C8H8O2.C4H10/c1-6-8-13(3)16(9-7-2)17-12-15(18-5)11-10-14(17)4;1-6(10)7-2-4-8(9)5-3-7;1-10-8-5-3-2-4-7(8)6-9;1-4(2)3/h10-12H,6-9H2,1-5H3;2-5H,1H3;2-6H,1H3;4H,1-3H3/b16-13-;;;. The Morgan fingerprint density at radius 3 is 1.88 bits per heavy atom. The van der Waals surface area contributed by atoms with Gasteiger partial charge in [-0.25, -0.2) is 0 Å². The maximum Gasteiger partial charge on any atom is 0.159 e. The van der Waals surface area contributed by atoms with Crippen molar-refractivity contribution < 1.29 is 19.1 Å². The Morgan fingerprint density at radius 2 is 1.43 bits per heavy atom. The third-order valence-corrected chi connectivity index (χ3v) is 6.18. The average molecular weight is 595 g/mol. The Morgan fingerprint density at radius 1 is 0.857 bits per heavy atom. The van der Waals surface area contributed by atoms with Gasteiger partial charge in [-0.3, -0.25) is 9.59 Å². The van der Waals surface area contributed by atoms with E-state index in [0.29, 0.717) is 21.9 Å². The van der Waals surface area contributed by atoms with Gasteiger partial charge >= 0.3 is 0 Å². The fourth-order valence-electron chi connectivity index (χ4n) is 3.86. The van der Waals surface area contributed by atoms with E-state index in [1.54, 1.807) is 56.7 Å². The molecule has 3 rings (SSSR count). The maximum atomic E-state index is 10.7. The minimum Gasteiger partial charge on any atom is -0.497 e. The van der Waals surface area contributed by atoms with E-state index in [-0.39, 0.29) is 5.78 Å². The number of rotatable bonds is 9. The molecule has 5 heteroatoms. The van der Waals surface area contributed by atoms with E-state index in [2.05, 4.69) is 60.6 Å². The van der Waals surface area contributed by atoms with Crippen LogP contribution in [0.1, 0.15) is 106 Å². The van der Waals surface area contributed by atoms with Crippen LogP contribution in [0.3, 0.4) is 0 Å². The second-order valence-corrected chi connectivity index (χ2v) is 11.0. The molecule has 230 valence electrons. The summed E-state index contributed by atoms with van der Waals surface area (Å²) >= 11 is 5.61. The van der Waals surface area contributed by atoms with Crippen molar-refractivity contribution in [2.45, 2.75) is 81.1 Å². The smallest absolute Gasteiger partial charge is 0.159 e. The average Bonchev–Trinajstić information content (AvgIpc) is 2.97. The number of ether oxygens (including phenoxy) is 2. The molecule has 0 atom stereocenters. The van der Waals surface area contributed by atoms with Gasteiger partial charge in [0.15, 0.2) is 12.1 Å². The maximum absolute atomic E-state index is 10.7. The van der Waals surface area contributed by atoms with Gasteiger partial charge < -0.3 is 9.47 Å². The molecule has 0 saturated carbocycles. The van der Waals surface area contributed by atoms with Gasteiger partial charge in [0.2, 0.25) is 0 Å². The summed E-state index contributed by atoms with van der Waals surface area (Å²) in [6.45, 7) is 17.0. The van der Waals surface area contributed by atoms with Crippen molar-refractivity contribution in [1.82, 2.24) is 0 Å². The molecule has 0 aromatic heterocycles. The largest absolute Gasteiger partial charge is 0.497 e. The molecule has 0 unspecified atom stereocenters. The Labute approximate surface area is 260 Å². The highest BCUT2D eigenvalue weighted by atomic mass is 35.5. The summed E-state index contributed by atoms with van der Waals surface area (Å²) in [4.78, 5) is 21.0. The van der Waals surface area contributed by atoms with Gasteiger partial charge in [0.05, 0.1) is 19.8 Å². The molecule has 3 aromatic carbocycles. The lowest BCUT2D eigenvalue weighted by atomic mass is 9.91. The number of carbonyl (C=O) groups excluding carboxylic acids is 2. The third-order valence-electron chi connectivity index (χ3n) is 5.93. The number of allylic oxidation sites excluding steroid dienone is 2. The summed E-state index contributed by atoms with van der Waals surface area (Å²) in [6.07, 6.45) is 5.51. The van der Waals surface area contributed by atoms with E-state index in [1.165, 1.54) is 48.5 Å². The van der Waals surface area contributed by atoms with Crippen LogP contribution in [0.15, 0.2) is 72.3 Å². The molecule has 0 saturated heterocycles. The molecule has 3 aromatic rings. The van der Waals surface area contributed by atoms with Crippen LogP contribution in [-0.4, -0.2) is 26.3 Å². The van der Waals surface area contributed by atoms with Crippen LogP contribution in [0.25, 0.3) is 5.57 Å². The monoisotopic (exact) mass is 594 g/mol. The predicted octanol–water partition coefficient (Wildman–Crippen LogP) is 11.1. The number of methoxy groups -OCH3 is 2. The van der Waals surface area contributed by atoms with Crippen LogP contribution >= 0.6 is 11.6 Å². The quantitative estimate of drug-likeness (QED) is 0.182. The number of benzene rings is 3. The van der Waals surface area contributed by atoms with Gasteiger partial charge in [-0.05, 0) is 105 Å². The molecule has 42 heavy (non-hydrogen) atoms. The SMILES string of the molecule is CC(=O)c1ccc(Cl)cc1.CC(C)C.CCC/C(C)=C(/CCC)c1cc(OC)ccc1C.COc1ccccc1C=O. The zero-order chi connectivity index (χ0) is 32.1. The van der Waals surface area contributed by atoms with E-state index >= 15 is 0 Å². The third kappa shape index (κ3) is 15.6. The number of aryl methyl sites for hydroxylation is 1. The van der Waals surface area contributed by atoms with Crippen molar-refractivity contribution in [3.8, 4) is 11.5 Å². The zero-order valence-corrected chi connectivity index (χ0v) is 28.1. The van der Waals surface area contributed by atoms with Crippen molar-refractivity contribution in [3.05, 3.63) is 99.6 Å². The van der Waals surface area contributed by atoms with Gasteiger partial charge in [-0.15, -0.1) is 0 Å². The van der Waals surface area contributed by atoms with E-state index in [4.69, 9.17) is 21.1 Å². The van der Waals surface area contributed by atoms with Crippen LogP contribution in [-0.2, 0) is 0 Å². The van der Waals surface area contributed by atoms with Crippen LogP contribution in [0, 0.1) is 12.8 Å². The van der Waals surface area contributed by atoms with Crippen LogP contribution < -0.4 is 9.47 Å². The van der Waals surface area contributed by atoms with Crippen molar-refractivity contribution >= 4 is 29.2 Å². The summed E-state index contributed by atoms with van der Waals surface area (Å²) in [5, 5.41) is 0.657. The van der Waals surface area contributed by atoms with Gasteiger partial charge in [-0.1, -0.05) is 82.8 Å². The zero-order valence-electron chi connectivity index (χ0n) is 27.3. The second kappa shape index (κ2) is 22.3. The lowest BCUT2D eigenvalue weighted by Crippen LogP contribution is -1.95. The Hall–Kier alpha value is -3.37. The minimum absolute atomic E-state index is 0.0664. The fraction of sp³-hybridized carbons (Fsp3) is 0.405. The van der Waals surface area contributed by atoms with Crippen LogP contribution in [0.2, 0.25) is 5.02 Å². The highest BCUT2D eigenvalue weighted by Crippen LogP contribution is 2.31. The van der Waals surface area contributed by atoms with Gasteiger partial charge in [0.25, 0.3) is 0 Å². The summed E-state index contributed by atoms with van der Waals surface area (Å²) < 4.78 is 10.3. The van der Waals surface area contributed by atoms with E-state index < -0.39 is 0 Å². The molecule has 0 bridgehead atoms. The Balaban J connectivity index is 0.000000596. The predicted molar refractivity (Wildman–Crippen MR) is 180 cm³/mol. The highest BCUT2D eigenvalue weighted by Gasteiger charge is 2.09. The lowest BCUT2D eigenvalue weighted by molar-refractivity contribution is 0.101. The molecule has 4 nitrogen and oxygen atoms in total. The first kappa shape index (κ1) is 38.6. The van der Waals surface area contributed by atoms with Crippen molar-refractivity contribution in [1.29, 1.82) is 0 Å². The number of para-hydroxylation sites is 1. The second-order valence-electron chi connectivity index (χ2n) is 10.6. The first-order chi connectivity index (χ1) is 19.9. The molecule has 0 heterocycles. The van der Waals surface area contributed by atoms with Gasteiger partial charge in [0, 0.05) is 10.6 Å². The van der Waals surface area contributed by atoms with Crippen LogP contribution in [0.5, 0.6) is 11.5 Å². The van der Waals surface area contributed by atoms with E-state index in [9.17, 15) is 9.59 Å². The fourth-order valence-corrected chi connectivity index (χ4v) is 3.98. The van der Waals surface area contributed by atoms with Crippen molar-refractivity contribution in [3.63, 3.8) is 0 Å². The summed E-state index contributed by atoms with van der Waals surface area (Å²) in [7, 11) is 3.28. The summed E-state index contributed by atoms with van der Waals surface area (Å²) in [6, 6.07) is 20.3. The number of halogens is 1. The number of Topliss-reactive ketones (excluding diaryl/α,β-unsaturated/α-hetero) is 1. The molecule has 0 aliphatic rings. The number of carbonyl (C=O) groups is 2. The number of hydrogen-bond acceptors (Lipinski definition) is 4.